The SMILES string of the molecule is O=C(Nc1cncc(-c2cc3c(-c4nc5c(-c6cccs6)nccc5[nH]4)n[nH]c3cn2)c1)C1CCCC1. The number of hydrogen-bond acceptors (Lipinski definition) is 7. The third-order valence-electron chi connectivity index (χ3n) is 6.85. The van der Waals surface area contributed by atoms with Crippen molar-refractivity contribution in [3.8, 4) is 33.3 Å². The molecule has 0 aromatic carbocycles. The number of aromatic nitrogens is 7. The fourth-order valence-corrected chi connectivity index (χ4v) is 5.70. The second-order valence-corrected chi connectivity index (χ2v) is 10.2. The standard InChI is InChI=1S/C27H22N8OS/c36-27(15-4-1-2-5-15)31-17-10-16(12-28-13-17)20-11-18-21(14-30-20)34-35-23(18)26-32-19-7-8-29-25(24(19)33-26)22-6-3-9-37-22/h3,6-15H,1-2,4-5H2,(H,31,36)(H,32,33)(H,34,35). The number of hydrogen-bond donors (Lipinski definition) is 3. The first-order valence-electron chi connectivity index (χ1n) is 12.2. The van der Waals surface area contributed by atoms with E-state index in [9.17, 15) is 4.79 Å². The zero-order valence-electron chi connectivity index (χ0n) is 19.7. The normalized spacial score (nSPS) is 14.1. The van der Waals surface area contributed by atoms with Crippen molar-refractivity contribution in [2.45, 2.75) is 25.7 Å². The average Bonchev–Trinajstić information content (AvgIpc) is 3.74. The Balaban J connectivity index is 1.25. The molecule has 0 radical (unpaired) electrons. The van der Waals surface area contributed by atoms with Crippen LogP contribution in [-0.4, -0.2) is 41.0 Å². The lowest BCUT2D eigenvalue weighted by atomic mass is 10.1. The van der Waals surface area contributed by atoms with Crippen molar-refractivity contribution >= 4 is 44.9 Å². The van der Waals surface area contributed by atoms with Crippen LogP contribution >= 0.6 is 11.3 Å². The number of nitrogens with one attached hydrogen (secondary N) is 3. The Labute approximate surface area is 215 Å². The van der Waals surface area contributed by atoms with Gasteiger partial charge in [-0.2, -0.15) is 5.10 Å². The number of aromatic amines is 2. The summed E-state index contributed by atoms with van der Waals surface area (Å²) >= 11 is 1.63. The Morgan fingerprint density at radius 3 is 2.81 bits per heavy atom. The lowest BCUT2D eigenvalue weighted by Gasteiger charge is -2.11. The molecule has 10 heteroatoms. The maximum Gasteiger partial charge on any atom is 0.227 e. The van der Waals surface area contributed by atoms with Crippen molar-refractivity contribution in [2.75, 3.05) is 5.32 Å². The van der Waals surface area contributed by atoms with Crippen LogP contribution in [0.2, 0.25) is 0 Å². The van der Waals surface area contributed by atoms with Crippen molar-refractivity contribution in [3.05, 3.63) is 60.5 Å². The van der Waals surface area contributed by atoms with Gasteiger partial charge in [-0.05, 0) is 42.5 Å². The van der Waals surface area contributed by atoms with Crippen molar-refractivity contribution in [1.29, 1.82) is 0 Å². The summed E-state index contributed by atoms with van der Waals surface area (Å²) in [4.78, 5) is 35.5. The second-order valence-electron chi connectivity index (χ2n) is 9.24. The molecule has 6 heterocycles. The molecule has 0 bridgehead atoms. The predicted molar refractivity (Wildman–Crippen MR) is 144 cm³/mol. The molecule has 0 saturated heterocycles. The molecule has 182 valence electrons. The van der Waals surface area contributed by atoms with E-state index < -0.39 is 0 Å². The zero-order chi connectivity index (χ0) is 24.8. The van der Waals surface area contributed by atoms with E-state index in [0.717, 1.165) is 69.4 Å². The summed E-state index contributed by atoms with van der Waals surface area (Å²) in [5.41, 5.74) is 6.27. The molecular weight excluding hydrogens is 484 g/mol. The number of imidazole rings is 1. The molecule has 0 aliphatic heterocycles. The molecule has 1 saturated carbocycles. The molecule has 1 aliphatic carbocycles. The first kappa shape index (κ1) is 21.8. The van der Waals surface area contributed by atoms with Gasteiger partial charge >= 0.3 is 0 Å². The highest BCUT2D eigenvalue weighted by Crippen LogP contribution is 2.33. The summed E-state index contributed by atoms with van der Waals surface area (Å²) in [5, 5.41) is 13.5. The number of pyridine rings is 3. The van der Waals surface area contributed by atoms with Crippen LogP contribution < -0.4 is 5.32 Å². The Kier molecular flexibility index (Phi) is 5.24. The summed E-state index contributed by atoms with van der Waals surface area (Å²) < 4.78 is 0. The number of nitrogens with zero attached hydrogens (tertiary/aromatic N) is 5. The third kappa shape index (κ3) is 3.95. The minimum absolute atomic E-state index is 0.0678. The summed E-state index contributed by atoms with van der Waals surface area (Å²) in [6.45, 7) is 0. The van der Waals surface area contributed by atoms with Crippen molar-refractivity contribution in [1.82, 2.24) is 35.1 Å². The van der Waals surface area contributed by atoms with E-state index in [2.05, 4.69) is 35.5 Å². The number of rotatable bonds is 5. The topological polar surface area (TPSA) is 125 Å². The molecule has 6 aromatic rings. The largest absolute Gasteiger partial charge is 0.336 e. The molecule has 3 N–H and O–H groups in total. The Bertz CT molecular complexity index is 1750. The van der Waals surface area contributed by atoms with Gasteiger partial charge in [-0.15, -0.1) is 11.3 Å². The average molecular weight is 507 g/mol. The van der Waals surface area contributed by atoms with E-state index in [4.69, 9.17) is 4.98 Å². The van der Waals surface area contributed by atoms with Crippen LogP contribution in [0.25, 0.3) is 55.3 Å². The van der Waals surface area contributed by atoms with Crippen molar-refractivity contribution in [3.63, 3.8) is 0 Å². The van der Waals surface area contributed by atoms with E-state index >= 15 is 0 Å². The van der Waals surface area contributed by atoms with E-state index in [1.54, 1.807) is 36.1 Å². The van der Waals surface area contributed by atoms with Gasteiger partial charge in [0.15, 0.2) is 5.82 Å². The van der Waals surface area contributed by atoms with Gasteiger partial charge in [0.2, 0.25) is 5.91 Å². The molecule has 37 heavy (non-hydrogen) atoms. The summed E-state index contributed by atoms with van der Waals surface area (Å²) in [6, 6.07) is 9.85. The van der Waals surface area contributed by atoms with Crippen LogP contribution in [-0.2, 0) is 4.79 Å². The number of carbonyl (C=O) groups is 1. The fourth-order valence-electron chi connectivity index (χ4n) is 4.98. The maximum absolute atomic E-state index is 12.6. The number of fused-ring (bicyclic) bond motifs is 2. The van der Waals surface area contributed by atoms with Crippen LogP contribution in [0.1, 0.15) is 25.7 Å². The highest BCUT2D eigenvalue weighted by atomic mass is 32.1. The molecular formula is C27H22N8OS. The van der Waals surface area contributed by atoms with Crippen molar-refractivity contribution < 1.29 is 4.79 Å². The number of amides is 1. The summed E-state index contributed by atoms with van der Waals surface area (Å²) in [5.74, 6) is 0.809. The van der Waals surface area contributed by atoms with Gasteiger partial charge < -0.3 is 10.3 Å². The molecule has 1 aliphatic rings. The summed E-state index contributed by atoms with van der Waals surface area (Å²) in [7, 11) is 0. The molecule has 6 aromatic heterocycles. The van der Waals surface area contributed by atoms with Gasteiger partial charge in [0, 0.05) is 29.3 Å². The lowest BCUT2D eigenvalue weighted by Crippen LogP contribution is -2.20. The molecule has 1 amide bonds. The molecule has 0 unspecified atom stereocenters. The zero-order valence-corrected chi connectivity index (χ0v) is 20.5. The minimum atomic E-state index is 0.0678. The molecule has 0 atom stereocenters. The van der Waals surface area contributed by atoms with E-state index in [1.165, 1.54) is 0 Å². The number of thiophene rings is 1. The Morgan fingerprint density at radius 2 is 1.95 bits per heavy atom. The highest BCUT2D eigenvalue weighted by Gasteiger charge is 2.23. The minimum Gasteiger partial charge on any atom is -0.336 e. The van der Waals surface area contributed by atoms with Crippen molar-refractivity contribution in [2.24, 2.45) is 5.92 Å². The van der Waals surface area contributed by atoms with Gasteiger partial charge in [-0.25, -0.2) is 4.98 Å². The molecule has 7 rings (SSSR count). The lowest BCUT2D eigenvalue weighted by molar-refractivity contribution is -0.119. The molecule has 9 nitrogen and oxygen atoms in total. The van der Waals surface area contributed by atoms with E-state index in [0.29, 0.717) is 17.2 Å². The van der Waals surface area contributed by atoms with Crippen LogP contribution in [0.3, 0.4) is 0 Å². The van der Waals surface area contributed by atoms with E-state index in [1.807, 2.05) is 35.7 Å². The Morgan fingerprint density at radius 1 is 1.03 bits per heavy atom. The highest BCUT2D eigenvalue weighted by molar-refractivity contribution is 7.13. The van der Waals surface area contributed by atoms with Crippen LogP contribution in [0.4, 0.5) is 5.69 Å². The fraction of sp³-hybridized carbons (Fsp3) is 0.185. The van der Waals surface area contributed by atoms with Gasteiger partial charge in [-0.1, -0.05) is 18.9 Å². The third-order valence-corrected chi connectivity index (χ3v) is 7.73. The van der Waals surface area contributed by atoms with Gasteiger partial charge in [-0.3, -0.25) is 24.8 Å². The number of anilines is 1. The smallest absolute Gasteiger partial charge is 0.227 e. The monoisotopic (exact) mass is 506 g/mol. The Hall–Kier alpha value is -4.44. The molecule has 0 spiro atoms. The van der Waals surface area contributed by atoms with Crippen LogP contribution in [0, 0.1) is 5.92 Å². The quantitative estimate of drug-likeness (QED) is 0.271. The predicted octanol–water partition coefficient (Wildman–Crippen LogP) is 5.82. The summed E-state index contributed by atoms with van der Waals surface area (Å²) in [6.07, 6.45) is 11.1. The van der Waals surface area contributed by atoms with E-state index in [-0.39, 0.29) is 11.8 Å². The maximum atomic E-state index is 12.6. The number of carbonyl (C=O) groups excluding carboxylic acids is 1. The first-order chi connectivity index (χ1) is 18.2. The van der Waals surface area contributed by atoms with Gasteiger partial charge in [0.1, 0.15) is 16.9 Å². The second kappa shape index (κ2) is 8.90. The molecule has 1 fully saturated rings. The van der Waals surface area contributed by atoms with Crippen LogP contribution in [0.15, 0.2) is 60.5 Å². The number of H-pyrrole nitrogens is 2. The van der Waals surface area contributed by atoms with Crippen LogP contribution in [0.5, 0.6) is 0 Å². The van der Waals surface area contributed by atoms with Gasteiger partial charge in [0.25, 0.3) is 0 Å². The van der Waals surface area contributed by atoms with Gasteiger partial charge in [0.05, 0.1) is 39.7 Å². The first-order valence-corrected chi connectivity index (χ1v) is 13.1.